The van der Waals surface area contributed by atoms with Gasteiger partial charge in [0.2, 0.25) is 0 Å². The summed E-state index contributed by atoms with van der Waals surface area (Å²) < 4.78 is 0. The Morgan fingerprint density at radius 3 is 2.06 bits per heavy atom. The highest BCUT2D eigenvalue weighted by molar-refractivity contribution is 5.58. The van der Waals surface area contributed by atoms with E-state index in [2.05, 4.69) is 54.0 Å². The molecule has 3 aliphatic carbocycles. The van der Waals surface area contributed by atoms with Crippen LogP contribution in [0.1, 0.15) is 41.0 Å². The molecule has 0 fully saturated rings. The van der Waals surface area contributed by atoms with Crippen LogP contribution in [0.25, 0.3) is 0 Å². The standard InChI is InChI=1S/C16H16N2/c17-18-16-10-9-11(12-5-1-3-7-14(12)16)13-6-2-4-8-15(13)16/h1-8,11,18H,9-10,17H2. The molecule has 2 bridgehead atoms. The maximum atomic E-state index is 5.95. The van der Waals surface area contributed by atoms with E-state index in [0.29, 0.717) is 5.92 Å². The van der Waals surface area contributed by atoms with Crippen molar-refractivity contribution in [2.75, 3.05) is 0 Å². The van der Waals surface area contributed by atoms with Crippen molar-refractivity contribution in [3.05, 3.63) is 70.8 Å². The van der Waals surface area contributed by atoms with Gasteiger partial charge in [0.05, 0.1) is 5.54 Å². The molecule has 2 aromatic rings. The number of fused-ring (bicyclic) bond motifs is 1. The van der Waals surface area contributed by atoms with Crippen LogP contribution in [0, 0.1) is 0 Å². The van der Waals surface area contributed by atoms with Crippen LogP contribution < -0.4 is 11.3 Å². The van der Waals surface area contributed by atoms with E-state index >= 15 is 0 Å². The molecule has 18 heavy (non-hydrogen) atoms. The number of rotatable bonds is 1. The second-order valence-electron chi connectivity index (χ2n) is 5.32. The zero-order valence-corrected chi connectivity index (χ0v) is 10.2. The van der Waals surface area contributed by atoms with Crippen molar-refractivity contribution in [1.29, 1.82) is 0 Å². The highest BCUT2D eigenvalue weighted by Gasteiger charge is 2.47. The molecular weight excluding hydrogens is 220 g/mol. The number of benzene rings is 2. The molecule has 3 N–H and O–H groups in total. The van der Waals surface area contributed by atoms with E-state index in [0.717, 1.165) is 6.42 Å². The van der Waals surface area contributed by atoms with E-state index in [1.165, 1.54) is 28.7 Å². The van der Waals surface area contributed by atoms with E-state index in [1.807, 2.05) is 0 Å². The molecule has 3 aliphatic rings. The Kier molecular flexibility index (Phi) is 1.97. The molecule has 0 radical (unpaired) electrons. The normalized spacial score (nSPS) is 27.7. The summed E-state index contributed by atoms with van der Waals surface area (Å²) in [5.74, 6) is 6.50. The minimum atomic E-state index is -0.179. The zero-order chi connectivity index (χ0) is 12.2. The van der Waals surface area contributed by atoms with Crippen LogP contribution in [-0.2, 0) is 5.54 Å². The molecule has 90 valence electrons. The summed E-state index contributed by atoms with van der Waals surface area (Å²) in [6, 6.07) is 17.4. The highest BCUT2D eigenvalue weighted by atomic mass is 15.3. The lowest BCUT2D eigenvalue weighted by Gasteiger charge is -2.49. The summed E-state index contributed by atoms with van der Waals surface area (Å²) in [7, 11) is 0. The number of nitrogens with two attached hydrogens (primary N) is 1. The van der Waals surface area contributed by atoms with Gasteiger partial charge in [-0.25, -0.2) is 5.43 Å². The molecule has 2 heteroatoms. The Morgan fingerprint density at radius 2 is 1.50 bits per heavy atom. The minimum absolute atomic E-state index is 0.179. The molecule has 0 heterocycles. The van der Waals surface area contributed by atoms with Gasteiger partial charge in [-0.05, 0) is 35.1 Å². The quantitative estimate of drug-likeness (QED) is 0.590. The lowest BCUT2D eigenvalue weighted by Crippen LogP contribution is -2.53. The summed E-state index contributed by atoms with van der Waals surface area (Å²) >= 11 is 0. The molecule has 5 rings (SSSR count). The SMILES string of the molecule is NNC12CCC(c3ccccc31)c1ccccc12. The Balaban J connectivity index is 2.09. The first-order valence-corrected chi connectivity index (χ1v) is 6.53. The smallest absolute Gasteiger partial charge is 0.0824 e. The first kappa shape index (κ1) is 10.3. The maximum absolute atomic E-state index is 5.95. The van der Waals surface area contributed by atoms with Crippen molar-refractivity contribution in [1.82, 2.24) is 5.43 Å². The Bertz CT molecular complexity index is 570. The van der Waals surface area contributed by atoms with E-state index < -0.39 is 0 Å². The second-order valence-corrected chi connectivity index (χ2v) is 5.32. The average molecular weight is 236 g/mol. The number of nitrogens with one attached hydrogen (secondary N) is 1. The molecule has 2 nitrogen and oxygen atoms in total. The fourth-order valence-electron chi connectivity index (χ4n) is 3.86. The van der Waals surface area contributed by atoms with Gasteiger partial charge in [-0.1, -0.05) is 48.5 Å². The van der Waals surface area contributed by atoms with Gasteiger partial charge in [0.25, 0.3) is 0 Å². The summed E-state index contributed by atoms with van der Waals surface area (Å²) in [5, 5.41) is 0. The lowest BCUT2D eigenvalue weighted by molar-refractivity contribution is 0.309. The van der Waals surface area contributed by atoms with Crippen molar-refractivity contribution in [3.63, 3.8) is 0 Å². The molecule has 0 saturated heterocycles. The van der Waals surface area contributed by atoms with E-state index in [1.54, 1.807) is 0 Å². The van der Waals surface area contributed by atoms with Gasteiger partial charge in [0, 0.05) is 5.92 Å². The fourth-order valence-corrected chi connectivity index (χ4v) is 3.86. The monoisotopic (exact) mass is 236 g/mol. The molecular formula is C16H16N2. The third-order valence-corrected chi connectivity index (χ3v) is 4.65. The van der Waals surface area contributed by atoms with Gasteiger partial charge in [0.1, 0.15) is 0 Å². The van der Waals surface area contributed by atoms with E-state index in [-0.39, 0.29) is 5.54 Å². The van der Waals surface area contributed by atoms with Gasteiger partial charge >= 0.3 is 0 Å². The average Bonchev–Trinajstić information content (AvgIpc) is 2.48. The fraction of sp³-hybridized carbons (Fsp3) is 0.250. The van der Waals surface area contributed by atoms with E-state index in [4.69, 9.17) is 5.84 Å². The largest absolute Gasteiger partial charge is 0.270 e. The van der Waals surface area contributed by atoms with Crippen LogP contribution in [0.2, 0.25) is 0 Å². The van der Waals surface area contributed by atoms with Gasteiger partial charge < -0.3 is 0 Å². The Hall–Kier alpha value is -1.64. The predicted octanol–water partition coefficient (Wildman–Crippen LogP) is 2.63. The van der Waals surface area contributed by atoms with Gasteiger partial charge in [-0.2, -0.15) is 0 Å². The summed E-state index contributed by atoms with van der Waals surface area (Å²) in [6.45, 7) is 0. The minimum Gasteiger partial charge on any atom is -0.270 e. The summed E-state index contributed by atoms with van der Waals surface area (Å²) in [4.78, 5) is 0. The van der Waals surface area contributed by atoms with Crippen molar-refractivity contribution in [2.45, 2.75) is 24.3 Å². The van der Waals surface area contributed by atoms with Gasteiger partial charge in [-0.3, -0.25) is 5.84 Å². The number of hydrogen-bond acceptors (Lipinski definition) is 2. The lowest BCUT2D eigenvalue weighted by atomic mass is 9.60. The first-order valence-electron chi connectivity index (χ1n) is 6.53. The summed E-state index contributed by atoms with van der Waals surface area (Å²) in [6.07, 6.45) is 2.26. The molecule has 0 atom stereocenters. The molecule has 2 aromatic carbocycles. The molecule has 0 unspecified atom stereocenters. The van der Waals surface area contributed by atoms with Crippen molar-refractivity contribution in [2.24, 2.45) is 5.84 Å². The molecule has 0 aromatic heterocycles. The van der Waals surface area contributed by atoms with Gasteiger partial charge in [-0.15, -0.1) is 0 Å². The molecule has 0 saturated carbocycles. The van der Waals surface area contributed by atoms with Crippen molar-refractivity contribution < 1.29 is 0 Å². The highest BCUT2D eigenvalue weighted by Crippen LogP contribution is 2.54. The van der Waals surface area contributed by atoms with Crippen LogP contribution in [0.15, 0.2) is 48.5 Å². The van der Waals surface area contributed by atoms with Crippen LogP contribution >= 0.6 is 0 Å². The van der Waals surface area contributed by atoms with Crippen LogP contribution in [0.5, 0.6) is 0 Å². The number of hydrogen-bond donors (Lipinski definition) is 2. The second kappa shape index (κ2) is 3.44. The maximum Gasteiger partial charge on any atom is 0.0824 e. The number of hydrazine groups is 1. The topological polar surface area (TPSA) is 38.0 Å². The van der Waals surface area contributed by atoms with Gasteiger partial charge in [0.15, 0.2) is 0 Å². The third kappa shape index (κ3) is 1.05. The van der Waals surface area contributed by atoms with Crippen LogP contribution in [-0.4, -0.2) is 0 Å². The van der Waals surface area contributed by atoms with E-state index in [9.17, 15) is 0 Å². The summed E-state index contributed by atoms with van der Waals surface area (Å²) in [5.41, 5.74) is 8.56. The molecule has 0 amide bonds. The predicted molar refractivity (Wildman–Crippen MR) is 72.1 cm³/mol. The van der Waals surface area contributed by atoms with Crippen LogP contribution in [0.3, 0.4) is 0 Å². The zero-order valence-electron chi connectivity index (χ0n) is 10.2. The molecule has 0 spiro atoms. The van der Waals surface area contributed by atoms with Crippen molar-refractivity contribution >= 4 is 0 Å². The van der Waals surface area contributed by atoms with Crippen molar-refractivity contribution in [3.8, 4) is 0 Å². The third-order valence-electron chi connectivity index (χ3n) is 4.65. The first-order chi connectivity index (χ1) is 8.87. The Labute approximate surface area is 107 Å². The molecule has 0 aliphatic heterocycles. The van der Waals surface area contributed by atoms with Crippen LogP contribution in [0.4, 0.5) is 0 Å². The Morgan fingerprint density at radius 1 is 0.944 bits per heavy atom.